The van der Waals surface area contributed by atoms with Gasteiger partial charge in [0, 0.05) is 13.1 Å². The highest BCUT2D eigenvalue weighted by Gasteiger charge is 2.48. The van der Waals surface area contributed by atoms with Crippen LogP contribution in [-0.2, 0) is 7.05 Å². The van der Waals surface area contributed by atoms with Crippen molar-refractivity contribution < 1.29 is 9.90 Å². The number of aromatic nitrogens is 2. The molecule has 5 rings (SSSR count). The van der Waals surface area contributed by atoms with E-state index in [0.717, 1.165) is 23.7 Å². The van der Waals surface area contributed by atoms with Crippen LogP contribution in [0.5, 0.6) is 0 Å². The fourth-order valence-electron chi connectivity index (χ4n) is 5.14. The first kappa shape index (κ1) is 12.2. The summed E-state index contributed by atoms with van der Waals surface area (Å²) in [6.45, 7) is 0. The summed E-state index contributed by atoms with van der Waals surface area (Å²) in [6, 6.07) is 0.449. The fourth-order valence-corrected chi connectivity index (χ4v) is 5.14. The molecular formula is C15H21N3O2. The zero-order chi connectivity index (χ0) is 13.9. The van der Waals surface area contributed by atoms with Gasteiger partial charge in [0.1, 0.15) is 0 Å². The van der Waals surface area contributed by atoms with E-state index in [1.807, 2.05) is 0 Å². The van der Waals surface area contributed by atoms with Crippen molar-refractivity contribution in [3.63, 3.8) is 0 Å². The van der Waals surface area contributed by atoms with Crippen LogP contribution in [0.3, 0.4) is 0 Å². The van der Waals surface area contributed by atoms with E-state index in [4.69, 9.17) is 0 Å². The van der Waals surface area contributed by atoms with Crippen molar-refractivity contribution in [3.8, 4) is 0 Å². The van der Waals surface area contributed by atoms with Gasteiger partial charge in [-0.05, 0) is 55.8 Å². The van der Waals surface area contributed by atoms with Gasteiger partial charge in [0.15, 0.2) is 5.69 Å². The molecule has 1 heterocycles. The molecule has 4 bridgehead atoms. The van der Waals surface area contributed by atoms with Gasteiger partial charge in [0.2, 0.25) is 0 Å². The predicted octanol–water partition coefficient (Wildman–Crippen LogP) is 2.35. The summed E-state index contributed by atoms with van der Waals surface area (Å²) in [4.78, 5) is 11.4. The van der Waals surface area contributed by atoms with Gasteiger partial charge in [-0.25, -0.2) is 4.79 Å². The van der Waals surface area contributed by atoms with Crippen molar-refractivity contribution in [3.05, 3.63) is 11.9 Å². The van der Waals surface area contributed by atoms with Crippen molar-refractivity contribution in [2.75, 3.05) is 5.32 Å². The van der Waals surface area contributed by atoms with E-state index in [2.05, 4.69) is 10.4 Å². The van der Waals surface area contributed by atoms with Gasteiger partial charge >= 0.3 is 5.97 Å². The Hall–Kier alpha value is -1.52. The maximum Gasteiger partial charge on any atom is 0.356 e. The SMILES string of the molecule is Cn1ncc(NC2C3CC4CC(C3)CC2C4)c1C(=O)O. The van der Waals surface area contributed by atoms with Gasteiger partial charge in [-0.1, -0.05) is 0 Å². The second-order valence-electron chi connectivity index (χ2n) is 6.94. The van der Waals surface area contributed by atoms with Gasteiger partial charge in [-0.2, -0.15) is 5.10 Å². The Labute approximate surface area is 118 Å². The lowest BCUT2D eigenvalue weighted by molar-refractivity contribution is 0.00748. The quantitative estimate of drug-likeness (QED) is 0.888. The second-order valence-corrected chi connectivity index (χ2v) is 6.94. The minimum Gasteiger partial charge on any atom is -0.476 e. The lowest BCUT2D eigenvalue weighted by Crippen LogP contribution is -2.51. The monoisotopic (exact) mass is 275 g/mol. The molecular weight excluding hydrogens is 254 g/mol. The molecule has 1 aromatic rings. The van der Waals surface area contributed by atoms with Crippen molar-refractivity contribution >= 4 is 11.7 Å². The second kappa shape index (κ2) is 4.24. The number of aryl methyl sites for hydroxylation is 1. The number of nitrogens with one attached hydrogen (secondary N) is 1. The van der Waals surface area contributed by atoms with Crippen LogP contribution in [0.25, 0.3) is 0 Å². The Balaban J connectivity index is 1.59. The first-order valence-electron chi connectivity index (χ1n) is 7.63. The third kappa shape index (κ3) is 1.75. The molecule has 4 fully saturated rings. The molecule has 0 amide bonds. The Bertz CT molecular complexity index is 523. The Morgan fingerprint density at radius 1 is 1.25 bits per heavy atom. The average molecular weight is 275 g/mol. The van der Waals surface area contributed by atoms with Crippen LogP contribution in [0, 0.1) is 23.7 Å². The zero-order valence-corrected chi connectivity index (χ0v) is 11.7. The number of hydrogen-bond acceptors (Lipinski definition) is 3. The summed E-state index contributed by atoms with van der Waals surface area (Å²) in [5.41, 5.74) is 0.969. The molecule has 2 N–H and O–H groups in total. The summed E-state index contributed by atoms with van der Waals surface area (Å²) >= 11 is 0. The molecule has 20 heavy (non-hydrogen) atoms. The smallest absolute Gasteiger partial charge is 0.356 e. The summed E-state index contributed by atoms with van der Waals surface area (Å²) in [7, 11) is 1.69. The largest absolute Gasteiger partial charge is 0.476 e. The van der Waals surface area contributed by atoms with Gasteiger partial charge < -0.3 is 10.4 Å². The molecule has 0 aliphatic heterocycles. The molecule has 4 saturated carbocycles. The number of nitrogens with zero attached hydrogens (tertiary/aromatic N) is 2. The van der Waals surface area contributed by atoms with Crippen LogP contribution in [0.4, 0.5) is 5.69 Å². The number of carboxylic acid groups (broad SMARTS) is 1. The molecule has 4 aliphatic carbocycles. The van der Waals surface area contributed by atoms with Crippen molar-refractivity contribution in [1.82, 2.24) is 9.78 Å². The lowest BCUT2D eigenvalue weighted by Gasteiger charge is -2.54. The number of hydrogen-bond donors (Lipinski definition) is 2. The minimum absolute atomic E-state index is 0.277. The molecule has 4 aliphatic rings. The van der Waals surface area contributed by atoms with E-state index in [9.17, 15) is 9.90 Å². The van der Waals surface area contributed by atoms with Crippen LogP contribution >= 0.6 is 0 Å². The Kier molecular flexibility index (Phi) is 2.59. The highest BCUT2D eigenvalue weighted by atomic mass is 16.4. The molecule has 5 heteroatoms. The highest BCUT2D eigenvalue weighted by molar-refractivity contribution is 5.92. The van der Waals surface area contributed by atoms with Gasteiger partial charge in [0.25, 0.3) is 0 Å². The summed E-state index contributed by atoms with van der Waals surface area (Å²) in [5, 5.41) is 16.9. The minimum atomic E-state index is -0.906. The number of anilines is 1. The lowest BCUT2D eigenvalue weighted by atomic mass is 9.54. The first-order valence-corrected chi connectivity index (χ1v) is 7.63. The molecule has 1 aromatic heterocycles. The average Bonchev–Trinajstić information content (AvgIpc) is 2.74. The summed E-state index contributed by atoms with van der Waals surface area (Å²) in [6.07, 6.45) is 8.41. The molecule has 0 saturated heterocycles. The Morgan fingerprint density at radius 3 is 2.40 bits per heavy atom. The zero-order valence-electron chi connectivity index (χ0n) is 11.7. The molecule has 0 radical (unpaired) electrons. The molecule has 0 spiro atoms. The topological polar surface area (TPSA) is 67.2 Å². The van der Waals surface area contributed by atoms with Crippen molar-refractivity contribution in [2.24, 2.45) is 30.7 Å². The molecule has 0 atom stereocenters. The van der Waals surface area contributed by atoms with E-state index < -0.39 is 5.97 Å². The van der Waals surface area contributed by atoms with E-state index in [1.165, 1.54) is 36.8 Å². The van der Waals surface area contributed by atoms with Crippen LogP contribution in [0.15, 0.2) is 6.20 Å². The first-order chi connectivity index (χ1) is 9.61. The van der Waals surface area contributed by atoms with Gasteiger partial charge in [-0.15, -0.1) is 0 Å². The maximum atomic E-state index is 11.4. The molecule has 108 valence electrons. The molecule has 0 unspecified atom stereocenters. The molecule has 0 aromatic carbocycles. The number of carboxylic acids is 1. The van der Waals surface area contributed by atoms with Crippen LogP contribution in [-0.4, -0.2) is 26.9 Å². The van der Waals surface area contributed by atoms with Crippen molar-refractivity contribution in [1.29, 1.82) is 0 Å². The normalized spacial score (nSPS) is 38.1. The van der Waals surface area contributed by atoms with E-state index in [0.29, 0.717) is 11.7 Å². The summed E-state index contributed by atoms with van der Waals surface area (Å²) < 4.78 is 1.45. The van der Waals surface area contributed by atoms with Crippen LogP contribution < -0.4 is 5.32 Å². The van der Waals surface area contributed by atoms with E-state index in [1.54, 1.807) is 13.2 Å². The van der Waals surface area contributed by atoms with E-state index in [-0.39, 0.29) is 5.69 Å². The highest BCUT2D eigenvalue weighted by Crippen LogP contribution is 2.54. The summed E-state index contributed by atoms with van der Waals surface area (Å²) in [5.74, 6) is 2.42. The van der Waals surface area contributed by atoms with Crippen LogP contribution in [0.2, 0.25) is 0 Å². The maximum absolute atomic E-state index is 11.4. The number of aromatic carboxylic acids is 1. The fraction of sp³-hybridized carbons (Fsp3) is 0.733. The van der Waals surface area contributed by atoms with Gasteiger partial charge in [-0.3, -0.25) is 4.68 Å². The number of carbonyl (C=O) groups is 1. The molecule has 5 nitrogen and oxygen atoms in total. The predicted molar refractivity (Wildman–Crippen MR) is 74.6 cm³/mol. The number of rotatable bonds is 3. The Morgan fingerprint density at radius 2 is 1.85 bits per heavy atom. The third-order valence-electron chi connectivity index (χ3n) is 5.69. The van der Waals surface area contributed by atoms with Crippen molar-refractivity contribution in [2.45, 2.75) is 38.1 Å². The third-order valence-corrected chi connectivity index (χ3v) is 5.69. The van der Waals surface area contributed by atoms with Gasteiger partial charge in [0.05, 0.1) is 11.9 Å². The standard InChI is InChI=1S/C15H21N3O2/c1-18-14(15(19)20)12(7-16-18)17-13-10-3-8-2-9(5-10)6-11(13)4-8/h7-11,13,17H,2-6H2,1H3,(H,19,20). The van der Waals surface area contributed by atoms with E-state index >= 15 is 0 Å². The van der Waals surface area contributed by atoms with Crippen LogP contribution in [0.1, 0.15) is 42.6 Å².